The summed E-state index contributed by atoms with van der Waals surface area (Å²) >= 11 is 5.92. The lowest BCUT2D eigenvalue weighted by Crippen LogP contribution is -2.54. The van der Waals surface area contributed by atoms with Gasteiger partial charge in [0.25, 0.3) is 5.91 Å². The van der Waals surface area contributed by atoms with E-state index in [0.717, 1.165) is 0 Å². The molecule has 0 N–H and O–H groups in total. The fourth-order valence-electron chi connectivity index (χ4n) is 4.27. The van der Waals surface area contributed by atoms with Crippen LogP contribution in [0.1, 0.15) is 31.1 Å². The van der Waals surface area contributed by atoms with Crippen LogP contribution in [0.4, 0.5) is 10.2 Å². The Balaban J connectivity index is 0.00000141. The number of aromatic nitrogens is 3. The number of carbonyl (C=O) groups is 1. The molecular formula is C27H27ClFN5O. The van der Waals surface area contributed by atoms with E-state index >= 15 is 0 Å². The molecule has 1 aliphatic rings. The van der Waals surface area contributed by atoms with Crippen LogP contribution >= 0.6 is 11.6 Å². The maximum absolute atomic E-state index is 14.6. The zero-order chi connectivity index (χ0) is 24.9. The van der Waals surface area contributed by atoms with Crippen molar-refractivity contribution in [3.63, 3.8) is 0 Å². The summed E-state index contributed by atoms with van der Waals surface area (Å²) in [5.74, 6) is 0.184. The lowest BCUT2D eigenvalue weighted by molar-refractivity contribution is 0.0726. The number of nitrogens with zero attached hydrogens (tertiary/aromatic N) is 5. The molecule has 0 saturated carbocycles. The van der Waals surface area contributed by atoms with Crippen LogP contribution in [0.15, 0.2) is 66.9 Å². The summed E-state index contributed by atoms with van der Waals surface area (Å²) < 4.78 is 14.6. The van der Waals surface area contributed by atoms with E-state index < -0.39 is 5.82 Å². The summed E-state index contributed by atoms with van der Waals surface area (Å²) in [5, 5.41) is 9.87. The Morgan fingerprint density at radius 1 is 1.03 bits per heavy atom. The molecule has 4 aromatic rings. The van der Waals surface area contributed by atoms with Crippen molar-refractivity contribution in [1.82, 2.24) is 20.1 Å². The van der Waals surface area contributed by atoms with Gasteiger partial charge >= 0.3 is 0 Å². The molecule has 0 radical (unpaired) electrons. The number of benzene rings is 2. The van der Waals surface area contributed by atoms with Gasteiger partial charge in [0.1, 0.15) is 17.0 Å². The predicted molar refractivity (Wildman–Crippen MR) is 138 cm³/mol. The van der Waals surface area contributed by atoms with Gasteiger partial charge in [0.15, 0.2) is 5.82 Å². The number of piperazine rings is 1. The average molecular weight is 492 g/mol. The third-order valence-electron chi connectivity index (χ3n) is 5.91. The van der Waals surface area contributed by atoms with Gasteiger partial charge in [-0.05, 0) is 49.4 Å². The van der Waals surface area contributed by atoms with E-state index in [1.807, 2.05) is 62.1 Å². The number of rotatable bonds is 3. The highest BCUT2D eigenvalue weighted by Crippen LogP contribution is 2.33. The molecule has 180 valence electrons. The number of hydrogen-bond acceptors (Lipinski definition) is 5. The van der Waals surface area contributed by atoms with Crippen LogP contribution in [0.2, 0.25) is 5.02 Å². The first kappa shape index (κ1) is 24.5. The van der Waals surface area contributed by atoms with Crippen molar-refractivity contribution >= 4 is 34.2 Å². The van der Waals surface area contributed by atoms with E-state index in [9.17, 15) is 9.18 Å². The monoisotopic (exact) mass is 491 g/mol. The Morgan fingerprint density at radius 3 is 2.51 bits per heavy atom. The quantitative estimate of drug-likeness (QED) is 0.359. The average Bonchev–Trinajstić information content (AvgIpc) is 2.90. The highest BCUT2D eigenvalue weighted by Gasteiger charge is 2.30. The standard InChI is InChI=1S/C25H21ClFN5O.C2H6/c1-16-15-31(25(33)17-6-3-2-4-7-17)12-13-32(16)24-23-20(8-5-11-28-23)22(29-30-24)19-10-9-18(26)14-21(19)27;1-2/h2-11,14,16H,12-13,15H2,1H3;1-2H3. The SMILES string of the molecule is CC.CC1CN(C(=O)c2ccccc2)CCN1c1nnc(-c2ccc(Cl)cc2F)c2cccnc12. The molecule has 1 amide bonds. The molecule has 0 bridgehead atoms. The van der Waals surface area contributed by atoms with Crippen LogP contribution in [-0.4, -0.2) is 51.7 Å². The number of hydrogen-bond donors (Lipinski definition) is 0. The second-order valence-electron chi connectivity index (χ2n) is 8.06. The lowest BCUT2D eigenvalue weighted by Gasteiger charge is -2.40. The highest BCUT2D eigenvalue weighted by molar-refractivity contribution is 6.30. The highest BCUT2D eigenvalue weighted by atomic mass is 35.5. The van der Waals surface area contributed by atoms with Crippen LogP contribution in [0.25, 0.3) is 22.2 Å². The summed E-state index contributed by atoms with van der Waals surface area (Å²) in [6.07, 6.45) is 1.69. The molecule has 35 heavy (non-hydrogen) atoms. The molecule has 3 heterocycles. The first-order chi connectivity index (χ1) is 17.0. The van der Waals surface area contributed by atoms with Gasteiger partial charge in [-0.1, -0.05) is 43.6 Å². The number of fused-ring (bicyclic) bond motifs is 1. The first-order valence-corrected chi connectivity index (χ1v) is 12.1. The fraction of sp³-hybridized carbons (Fsp3) is 0.259. The minimum atomic E-state index is -0.462. The summed E-state index contributed by atoms with van der Waals surface area (Å²) in [4.78, 5) is 21.4. The Morgan fingerprint density at radius 2 is 1.80 bits per heavy atom. The molecule has 1 unspecified atom stereocenters. The van der Waals surface area contributed by atoms with Gasteiger partial charge in [0.2, 0.25) is 0 Å². The van der Waals surface area contributed by atoms with E-state index in [0.29, 0.717) is 58.2 Å². The molecule has 0 spiro atoms. The van der Waals surface area contributed by atoms with Crippen LogP contribution < -0.4 is 4.90 Å². The number of halogens is 2. The molecule has 1 saturated heterocycles. The Bertz CT molecular complexity index is 1330. The molecule has 1 fully saturated rings. The lowest BCUT2D eigenvalue weighted by atomic mass is 10.1. The number of pyridine rings is 1. The number of anilines is 1. The topological polar surface area (TPSA) is 62.2 Å². The zero-order valence-corrected chi connectivity index (χ0v) is 20.7. The molecule has 0 aliphatic carbocycles. The van der Waals surface area contributed by atoms with Crippen LogP contribution in [0, 0.1) is 5.82 Å². The summed E-state index contributed by atoms with van der Waals surface area (Å²) in [5.41, 5.74) is 2.07. The summed E-state index contributed by atoms with van der Waals surface area (Å²) in [7, 11) is 0. The molecule has 5 rings (SSSR count). The smallest absolute Gasteiger partial charge is 0.253 e. The normalized spacial score (nSPS) is 15.5. The van der Waals surface area contributed by atoms with Crippen LogP contribution in [-0.2, 0) is 0 Å². The second-order valence-corrected chi connectivity index (χ2v) is 8.49. The third kappa shape index (κ3) is 4.95. The molecule has 1 atom stereocenters. The van der Waals surface area contributed by atoms with Gasteiger partial charge in [-0.2, -0.15) is 0 Å². The van der Waals surface area contributed by atoms with Crippen molar-refractivity contribution in [3.05, 3.63) is 83.3 Å². The van der Waals surface area contributed by atoms with E-state index in [1.165, 1.54) is 6.07 Å². The van der Waals surface area contributed by atoms with Crippen molar-refractivity contribution < 1.29 is 9.18 Å². The predicted octanol–water partition coefficient (Wildman–Crippen LogP) is 5.86. The molecule has 2 aromatic carbocycles. The van der Waals surface area contributed by atoms with Crippen molar-refractivity contribution in [1.29, 1.82) is 0 Å². The maximum Gasteiger partial charge on any atom is 0.253 e. The second kappa shape index (κ2) is 10.8. The zero-order valence-electron chi connectivity index (χ0n) is 19.9. The molecule has 2 aromatic heterocycles. The van der Waals surface area contributed by atoms with E-state index in [4.69, 9.17) is 11.6 Å². The molecule has 8 heteroatoms. The van der Waals surface area contributed by atoms with Crippen LogP contribution in [0.5, 0.6) is 0 Å². The van der Waals surface area contributed by atoms with Crippen molar-refractivity contribution in [2.45, 2.75) is 26.8 Å². The Labute approximate surface area is 209 Å². The minimum absolute atomic E-state index is 0.00374. The Hall–Kier alpha value is -3.58. The largest absolute Gasteiger partial charge is 0.347 e. The summed E-state index contributed by atoms with van der Waals surface area (Å²) in [6.45, 7) is 7.75. The van der Waals surface area contributed by atoms with Gasteiger partial charge in [0.05, 0.1) is 0 Å². The minimum Gasteiger partial charge on any atom is -0.347 e. The van der Waals surface area contributed by atoms with E-state index in [-0.39, 0.29) is 11.9 Å². The fourth-order valence-corrected chi connectivity index (χ4v) is 4.43. The maximum atomic E-state index is 14.6. The van der Waals surface area contributed by atoms with Crippen molar-refractivity contribution in [2.75, 3.05) is 24.5 Å². The molecule has 6 nitrogen and oxygen atoms in total. The van der Waals surface area contributed by atoms with Gasteiger partial charge < -0.3 is 9.80 Å². The third-order valence-corrected chi connectivity index (χ3v) is 6.15. The van der Waals surface area contributed by atoms with Gasteiger partial charge in [-0.15, -0.1) is 10.2 Å². The summed E-state index contributed by atoms with van der Waals surface area (Å²) in [6, 6.07) is 17.4. The first-order valence-electron chi connectivity index (χ1n) is 11.7. The van der Waals surface area contributed by atoms with Crippen LogP contribution in [0.3, 0.4) is 0 Å². The van der Waals surface area contributed by atoms with Gasteiger partial charge in [-0.25, -0.2) is 4.39 Å². The van der Waals surface area contributed by atoms with E-state index in [1.54, 1.807) is 24.4 Å². The Kier molecular flexibility index (Phi) is 7.56. The van der Waals surface area contributed by atoms with Crippen molar-refractivity contribution in [2.24, 2.45) is 0 Å². The van der Waals surface area contributed by atoms with Gasteiger partial charge in [-0.3, -0.25) is 9.78 Å². The number of amides is 1. The van der Waals surface area contributed by atoms with Crippen molar-refractivity contribution in [3.8, 4) is 11.3 Å². The molecular weight excluding hydrogens is 465 g/mol. The van der Waals surface area contributed by atoms with E-state index in [2.05, 4.69) is 20.1 Å². The number of carbonyl (C=O) groups excluding carboxylic acids is 1. The van der Waals surface area contributed by atoms with Gasteiger partial charge in [0, 0.05) is 53.4 Å². The molecule has 1 aliphatic heterocycles.